The Labute approximate surface area is 202 Å². The van der Waals surface area contributed by atoms with Crippen LogP contribution in [0.1, 0.15) is 29.3 Å². The minimum atomic E-state index is -0.902. The third-order valence-corrected chi connectivity index (χ3v) is 7.21. The zero-order valence-electron chi connectivity index (χ0n) is 19.4. The van der Waals surface area contributed by atoms with E-state index in [1.165, 1.54) is 29.2 Å². The Bertz CT molecular complexity index is 1250. The normalized spacial score (nSPS) is 24.7. The Kier molecular flexibility index (Phi) is 5.72. The maximum atomic E-state index is 13.9. The van der Waals surface area contributed by atoms with E-state index in [1.54, 1.807) is 7.11 Å². The van der Waals surface area contributed by atoms with Crippen molar-refractivity contribution in [2.45, 2.75) is 25.4 Å². The highest BCUT2D eigenvalue weighted by molar-refractivity contribution is 6.14. The van der Waals surface area contributed by atoms with Crippen molar-refractivity contribution in [3.8, 4) is 0 Å². The molecule has 0 bridgehead atoms. The SMILES string of the molecule is COCCCN1C(=O)[C@@H]2[C@H](C1=O)[C@H](C(=O)c1ccc([N+](=O)[O-])cc1)N1c3ccccc3C(C)=C[C@H]21. The maximum Gasteiger partial charge on any atom is 0.269 e. The van der Waals surface area contributed by atoms with Crippen molar-refractivity contribution < 1.29 is 24.0 Å². The number of benzene rings is 2. The number of carbonyl (C=O) groups excluding carboxylic acids is 3. The van der Waals surface area contributed by atoms with E-state index in [0.29, 0.717) is 13.0 Å². The first kappa shape index (κ1) is 22.9. The van der Waals surface area contributed by atoms with Crippen LogP contribution in [0.4, 0.5) is 11.4 Å². The van der Waals surface area contributed by atoms with Crippen LogP contribution in [0.15, 0.2) is 54.6 Å². The van der Waals surface area contributed by atoms with E-state index in [9.17, 15) is 24.5 Å². The van der Waals surface area contributed by atoms with Crippen LogP contribution in [0.5, 0.6) is 0 Å². The maximum absolute atomic E-state index is 13.9. The molecule has 0 radical (unpaired) electrons. The van der Waals surface area contributed by atoms with Gasteiger partial charge in [-0.15, -0.1) is 0 Å². The number of likely N-dealkylation sites (tertiary alicyclic amines) is 1. The van der Waals surface area contributed by atoms with Crippen molar-refractivity contribution in [3.63, 3.8) is 0 Å². The Morgan fingerprint density at radius 1 is 1.06 bits per heavy atom. The minimum Gasteiger partial charge on any atom is -0.385 e. The highest BCUT2D eigenvalue weighted by Crippen LogP contribution is 2.50. The number of non-ortho nitro benzene ring substituents is 1. The molecule has 9 heteroatoms. The summed E-state index contributed by atoms with van der Waals surface area (Å²) in [5, 5.41) is 11.1. The molecule has 0 spiro atoms. The summed E-state index contributed by atoms with van der Waals surface area (Å²) in [6.45, 7) is 2.62. The number of imide groups is 1. The summed E-state index contributed by atoms with van der Waals surface area (Å²) < 4.78 is 5.08. The fourth-order valence-electron chi connectivity index (χ4n) is 5.66. The molecule has 3 heterocycles. The fraction of sp³-hybridized carbons (Fsp3) is 0.346. The van der Waals surface area contributed by atoms with Gasteiger partial charge in [0.2, 0.25) is 11.8 Å². The summed E-state index contributed by atoms with van der Waals surface area (Å²) in [5.74, 6) is -2.48. The Morgan fingerprint density at radius 2 is 1.74 bits per heavy atom. The predicted octanol–water partition coefficient (Wildman–Crippen LogP) is 3.09. The van der Waals surface area contributed by atoms with Crippen LogP contribution in [0.2, 0.25) is 0 Å². The van der Waals surface area contributed by atoms with Gasteiger partial charge in [0.1, 0.15) is 6.04 Å². The first-order valence-electron chi connectivity index (χ1n) is 11.5. The lowest BCUT2D eigenvalue weighted by Crippen LogP contribution is -2.49. The first-order chi connectivity index (χ1) is 16.8. The zero-order chi connectivity index (χ0) is 24.9. The number of ether oxygens (including phenoxy) is 1. The summed E-state index contributed by atoms with van der Waals surface area (Å²) in [4.78, 5) is 54.7. The van der Waals surface area contributed by atoms with E-state index < -0.39 is 28.8 Å². The molecule has 4 atom stereocenters. The summed E-state index contributed by atoms with van der Waals surface area (Å²) in [5.41, 5.74) is 2.88. The number of methoxy groups -OCH3 is 1. The Balaban J connectivity index is 1.59. The number of amides is 2. The summed E-state index contributed by atoms with van der Waals surface area (Å²) >= 11 is 0. The van der Waals surface area contributed by atoms with Gasteiger partial charge in [0, 0.05) is 49.2 Å². The van der Waals surface area contributed by atoms with E-state index in [1.807, 2.05) is 42.2 Å². The second kappa shape index (κ2) is 8.74. The highest BCUT2D eigenvalue weighted by atomic mass is 16.6. The van der Waals surface area contributed by atoms with Crippen molar-refractivity contribution >= 4 is 34.5 Å². The minimum absolute atomic E-state index is 0.123. The number of para-hydroxylation sites is 1. The quantitative estimate of drug-likeness (QED) is 0.199. The highest BCUT2D eigenvalue weighted by Gasteiger charge is 2.64. The number of carbonyl (C=O) groups is 3. The molecule has 2 aromatic rings. The van der Waals surface area contributed by atoms with E-state index in [0.717, 1.165) is 16.8 Å². The number of nitrogens with zero attached hydrogens (tertiary/aromatic N) is 3. The lowest BCUT2D eigenvalue weighted by molar-refractivity contribution is -0.384. The second-order valence-corrected chi connectivity index (χ2v) is 9.10. The molecular formula is C26H25N3O6. The van der Waals surface area contributed by atoms with Gasteiger partial charge < -0.3 is 9.64 Å². The number of Topliss-reactive ketones (excluding diaryl/α,β-unsaturated/α-hetero) is 1. The smallest absolute Gasteiger partial charge is 0.269 e. The molecular weight excluding hydrogens is 450 g/mol. The lowest BCUT2D eigenvalue weighted by Gasteiger charge is -2.38. The van der Waals surface area contributed by atoms with Gasteiger partial charge in [-0.2, -0.15) is 0 Å². The van der Waals surface area contributed by atoms with Crippen LogP contribution in [-0.4, -0.2) is 59.8 Å². The third kappa shape index (κ3) is 3.54. The van der Waals surface area contributed by atoms with Gasteiger partial charge in [-0.25, -0.2) is 0 Å². The van der Waals surface area contributed by atoms with Gasteiger partial charge in [-0.1, -0.05) is 24.3 Å². The van der Waals surface area contributed by atoms with Crippen LogP contribution >= 0.6 is 0 Å². The third-order valence-electron chi connectivity index (χ3n) is 7.21. The largest absolute Gasteiger partial charge is 0.385 e. The number of nitro groups is 1. The molecule has 3 aliphatic heterocycles. The second-order valence-electron chi connectivity index (χ2n) is 9.10. The van der Waals surface area contributed by atoms with Crippen molar-refractivity contribution in [3.05, 3.63) is 75.8 Å². The van der Waals surface area contributed by atoms with Crippen LogP contribution in [0.3, 0.4) is 0 Å². The standard InChI is InChI=1S/C26H25N3O6/c1-15-14-20-21-22(26(32)27(25(21)31)12-5-13-35-2)23(28(20)19-7-4-3-6-18(15)19)24(30)16-8-10-17(11-9-16)29(33)34/h3-4,6-11,14,20-23H,5,12-13H2,1-2H3/t20-,21+,22+,23-/m1/s1. The van der Waals surface area contributed by atoms with E-state index in [4.69, 9.17) is 4.74 Å². The molecule has 2 amide bonds. The van der Waals surface area contributed by atoms with Gasteiger partial charge >= 0.3 is 0 Å². The summed E-state index contributed by atoms with van der Waals surface area (Å²) in [6.07, 6.45) is 2.49. The van der Waals surface area contributed by atoms with Gasteiger partial charge in [0.15, 0.2) is 5.78 Å². The molecule has 0 aromatic heterocycles. The number of fused-ring (bicyclic) bond motifs is 5. The molecule has 0 unspecified atom stereocenters. The lowest BCUT2D eigenvalue weighted by atomic mass is 9.85. The Morgan fingerprint density at radius 3 is 2.43 bits per heavy atom. The van der Waals surface area contributed by atoms with Crippen molar-refractivity contribution in [1.82, 2.24) is 4.90 Å². The van der Waals surface area contributed by atoms with Crippen LogP contribution in [0.25, 0.3) is 5.57 Å². The van der Waals surface area contributed by atoms with Crippen molar-refractivity contribution in [2.24, 2.45) is 11.8 Å². The average molecular weight is 476 g/mol. The molecule has 180 valence electrons. The molecule has 3 aliphatic rings. The van der Waals surface area contributed by atoms with Gasteiger partial charge in [0.25, 0.3) is 5.69 Å². The molecule has 5 rings (SSSR count). The van der Waals surface area contributed by atoms with Gasteiger partial charge in [-0.3, -0.25) is 29.4 Å². The van der Waals surface area contributed by atoms with Crippen LogP contribution in [0, 0.1) is 22.0 Å². The van der Waals surface area contributed by atoms with Crippen LogP contribution in [-0.2, 0) is 14.3 Å². The molecule has 9 nitrogen and oxygen atoms in total. The fourth-order valence-corrected chi connectivity index (χ4v) is 5.66. The van der Waals surface area contributed by atoms with E-state index in [-0.39, 0.29) is 35.4 Å². The number of anilines is 1. The monoisotopic (exact) mass is 475 g/mol. The summed E-state index contributed by atoms with van der Waals surface area (Å²) in [6, 6.07) is 11.7. The Hall–Kier alpha value is -3.85. The summed E-state index contributed by atoms with van der Waals surface area (Å²) in [7, 11) is 1.56. The molecule has 2 aromatic carbocycles. The van der Waals surface area contributed by atoms with Gasteiger partial charge in [0.05, 0.1) is 22.8 Å². The average Bonchev–Trinajstić information content (AvgIpc) is 3.32. The van der Waals surface area contributed by atoms with Crippen molar-refractivity contribution in [2.75, 3.05) is 25.2 Å². The molecule has 0 saturated carbocycles. The number of ketones is 1. The zero-order valence-corrected chi connectivity index (χ0v) is 19.4. The number of nitro benzene ring substituents is 1. The number of hydrogen-bond acceptors (Lipinski definition) is 7. The van der Waals surface area contributed by atoms with Gasteiger partial charge in [-0.05, 0) is 37.1 Å². The first-order valence-corrected chi connectivity index (χ1v) is 11.5. The number of hydrogen-bond donors (Lipinski definition) is 0. The molecule has 2 saturated heterocycles. The van der Waals surface area contributed by atoms with Crippen LogP contribution < -0.4 is 4.90 Å². The molecule has 0 N–H and O–H groups in total. The van der Waals surface area contributed by atoms with Crippen molar-refractivity contribution in [1.29, 1.82) is 0 Å². The number of allylic oxidation sites excluding steroid dienone is 1. The van der Waals surface area contributed by atoms with E-state index >= 15 is 0 Å². The molecule has 35 heavy (non-hydrogen) atoms. The molecule has 0 aliphatic carbocycles. The topological polar surface area (TPSA) is 110 Å². The number of rotatable bonds is 7. The van der Waals surface area contributed by atoms with E-state index in [2.05, 4.69) is 0 Å². The predicted molar refractivity (Wildman–Crippen MR) is 128 cm³/mol. The molecule has 2 fully saturated rings.